The molecule has 1 unspecified atom stereocenters. The maximum atomic E-state index is 11.2. The van der Waals surface area contributed by atoms with Gasteiger partial charge in [-0.1, -0.05) is 6.92 Å². The summed E-state index contributed by atoms with van der Waals surface area (Å²) in [6.45, 7) is 2.56. The fourth-order valence-corrected chi connectivity index (χ4v) is 1.25. The van der Waals surface area contributed by atoms with Crippen LogP contribution in [0.3, 0.4) is 0 Å². The molecule has 0 saturated carbocycles. The molecule has 0 aliphatic carbocycles. The van der Waals surface area contributed by atoms with Gasteiger partial charge in [-0.05, 0) is 25.0 Å². The standard InChI is InChI=1S/C11H18N4O2/c1-3-8(16)6-7-13-10-5-4-9(14-15-10)11(17)12-2/h4-5,8,16H,3,6-7H2,1-2H3,(H,12,17)(H,13,15). The summed E-state index contributed by atoms with van der Waals surface area (Å²) in [5.41, 5.74) is 0.284. The van der Waals surface area contributed by atoms with Crippen LogP contribution in [0.2, 0.25) is 0 Å². The summed E-state index contributed by atoms with van der Waals surface area (Å²) in [5.74, 6) is 0.339. The van der Waals surface area contributed by atoms with E-state index in [0.717, 1.165) is 6.42 Å². The minimum Gasteiger partial charge on any atom is -0.393 e. The van der Waals surface area contributed by atoms with Gasteiger partial charge in [-0.25, -0.2) is 0 Å². The molecular formula is C11H18N4O2. The molecule has 0 spiro atoms. The van der Waals surface area contributed by atoms with Gasteiger partial charge in [0, 0.05) is 13.6 Å². The smallest absolute Gasteiger partial charge is 0.271 e. The summed E-state index contributed by atoms with van der Waals surface area (Å²) in [6.07, 6.45) is 1.11. The van der Waals surface area contributed by atoms with Gasteiger partial charge in [0.15, 0.2) is 5.69 Å². The Morgan fingerprint density at radius 3 is 2.76 bits per heavy atom. The SMILES string of the molecule is CCC(O)CCNc1ccc(C(=O)NC)nn1. The number of aliphatic hydroxyl groups excluding tert-OH is 1. The van der Waals surface area contributed by atoms with Crippen LogP contribution in [0, 0.1) is 0 Å². The lowest BCUT2D eigenvalue weighted by atomic mass is 10.2. The van der Waals surface area contributed by atoms with Gasteiger partial charge in [0.05, 0.1) is 6.10 Å². The third-order valence-corrected chi connectivity index (χ3v) is 2.38. The lowest BCUT2D eigenvalue weighted by Gasteiger charge is -2.08. The second kappa shape index (κ2) is 6.80. The third-order valence-electron chi connectivity index (χ3n) is 2.38. The molecule has 6 heteroatoms. The van der Waals surface area contributed by atoms with Crippen LogP contribution in [-0.4, -0.2) is 40.9 Å². The lowest BCUT2D eigenvalue weighted by Crippen LogP contribution is -2.20. The first kappa shape index (κ1) is 13.4. The number of anilines is 1. The number of amides is 1. The molecule has 0 bridgehead atoms. The zero-order chi connectivity index (χ0) is 12.7. The van der Waals surface area contributed by atoms with Crippen molar-refractivity contribution in [1.29, 1.82) is 0 Å². The molecule has 17 heavy (non-hydrogen) atoms. The number of aliphatic hydroxyl groups is 1. The number of carbonyl (C=O) groups is 1. The number of rotatable bonds is 6. The molecule has 6 nitrogen and oxygen atoms in total. The van der Waals surface area contributed by atoms with Crippen LogP contribution in [0.15, 0.2) is 12.1 Å². The Bertz CT molecular complexity index is 353. The average molecular weight is 238 g/mol. The Kier molecular flexibility index (Phi) is 5.35. The maximum absolute atomic E-state index is 11.2. The van der Waals surface area contributed by atoms with Gasteiger partial charge in [-0.3, -0.25) is 4.79 Å². The van der Waals surface area contributed by atoms with E-state index >= 15 is 0 Å². The van der Waals surface area contributed by atoms with E-state index in [1.807, 2.05) is 6.92 Å². The normalized spacial score (nSPS) is 11.9. The Morgan fingerprint density at radius 1 is 1.47 bits per heavy atom. The van der Waals surface area contributed by atoms with Crippen LogP contribution in [0.1, 0.15) is 30.3 Å². The molecule has 0 fully saturated rings. The molecule has 1 heterocycles. The highest BCUT2D eigenvalue weighted by molar-refractivity contribution is 5.91. The van der Waals surface area contributed by atoms with Crippen LogP contribution in [-0.2, 0) is 0 Å². The first-order valence-corrected chi connectivity index (χ1v) is 5.65. The molecule has 0 radical (unpaired) electrons. The van der Waals surface area contributed by atoms with Crippen LogP contribution < -0.4 is 10.6 Å². The van der Waals surface area contributed by atoms with Gasteiger partial charge < -0.3 is 15.7 Å². The van der Waals surface area contributed by atoms with E-state index in [1.54, 1.807) is 19.2 Å². The molecule has 94 valence electrons. The predicted molar refractivity (Wildman–Crippen MR) is 64.8 cm³/mol. The van der Waals surface area contributed by atoms with Crippen molar-refractivity contribution >= 4 is 11.7 Å². The molecule has 3 N–H and O–H groups in total. The quantitative estimate of drug-likeness (QED) is 0.668. The van der Waals surface area contributed by atoms with Crippen LogP contribution in [0.25, 0.3) is 0 Å². The first-order valence-electron chi connectivity index (χ1n) is 5.65. The van der Waals surface area contributed by atoms with Crippen molar-refractivity contribution in [3.05, 3.63) is 17.8 Å². The topological polar surface area (TPSA) is 87.1 Å². The molecular weight excluding hydrogens is 220 g/mol. The molecule has 0 aromatic carbocycles. The summed E-state index contributed by atoms with van der Waals surface area (Å²) in [7, 11) is 1.54. The maximum Gasteiger partial charge on any atom is 0.271 e. The van der Waals surface area contributed by atoms with E-state index in [9.17, 15) is 9.90 Å². The monoisotopic (exact) mass is 238 g/mol. The van der Waals surface area contributed by atoms with E-state index < -0.39 is 0 Å². The second-order valence-electron chi connectivity index (χ2n) is 3.66. The van der Waals surface area contributed by atoms with Gasteiger partial charge in [-0.15, -0.1) is 10.2 Å². The Hall–Kier alpha value is -1.69. The van der Waals surface area contributed by atoms with E-state index in [1.165, 1.54) is 0 Å². The third kappa shape index (κ3) is 4.36. The zero-order valence-electron chi connectivity index (χ0n) is 10.1. The number of nitrogens with zero attached hydrogens (tertiary/aromatic N) is 2. The van der Waals surface area contributed by atoms with Crippen LogP contribution >= 0.6 is 0 Å². The van der Waals surface area contributed by atoms with Crippen molar-refractivity contribution in [2.45, 2.75) is 25.9 Å². The summed E-state index contributed by atoms with van der Waals surface area (Å²) >= 11 is 0. The van der Waals surface area contributed by atoms with Crippen molar-refractivity contribution in [2.24, 2.45) is 0 Å². The second-order valence-corrected chi connectivity index (χ2v) is 3.66. The van der Waals surface area contributed by atoms with E-state index in [2.05, 4.69) is 20.8 Å². The fourth-order valence-electron chi connectivity index (χ4n) is 1.25. The largest absolute Gasteiger partial charge is 0.393 e. The Labute approximate surface area is 100 Å². The number of hydrogen-bond donors (Lipinski definition) is 3. The van der Waals surface area contributed by atoms with Gasteiger partial charge in [-0.2, -0.15) is 0 Å². The van der Waals surface area contributed by atoms with E-state index in [0.29, 0.717) is 18.8 Å². The highest BCUT2D eigenvalue weighted by atomic mass is 16.3. The van der Waals surface area contributed by atoms with Crippen molar-refractivity contribution in [2.75, 3.05) is 18.9 Å². The molecule has 0 aliphatic heterocycles. The van der Waals surface area contributed by atoms with Gasteiger partial charge in [0.1, 0.15) is 5.82 Å². The van der Waals surface area contributed by atoms with Crippen molar-refractivity contribution in [3.63, 3.8) is 0 Å². The minimum atomic E-state index is -0.291. The molecule has 0 aliphatic rings. The average Bonchev–Trinajstić information content (AvgIpc) is 2.38. The van der Waals surface area contributed by atoms with E-state index in [-0.39, 0.29) is 17.7 Å². The number of hydrogen-bond acceptors (Lipinski definition) is 5. The van der Waals surface area contributed by atoms with Crippen molar-refractivity contribution < 1.29 is 9.90 Å². The Balaban J connectivity index is 2.43. The first-order chi connectivity index (χ1) is 8.17. The highest BCUT2D eigenvalue weighted by Crippen LogP contribution is 2.03. The van der Waals surface area contributed by atoms with Crippen molar-refractivity contribution in [3.8, 4) is 0 Å². The van der Waals surface area contributed by atoms with Gasteiger partial charge in [0.2, 0.25) is 0 Å². The Morgan fingerprint density at radius 2 is 2.24 bits per heavy atom. The predicted octanol–water partition coefficient (Wildman–Crippen LogP) is 0.409. The summed E-state index contributed by atoms with van der Waals surface area (Å²) in [6, 6.07) is 3.29. The van der Waals surface area contributed by atoms with Crippen LogP contribution in [0.5, 0.6) is 0 Å². The molecule has 1 aromatic heterocycles. The van der Waals surface area contributed by atoms with Gasteiger partial charge >= 0.3 is 0 Å². The molecule has 0 saturated heterocycles. The van der Waals surface area contributed by atoms with Crippen LogP contribution in [0.4, 0.5) is 5.82 Å². The summed E-state index contributed by atoms with van der Waals surface area (Å²) in [5, 5.41) is 22.5. The number of carbonyl (C=O) groups excluding carboxylic acids is 1. The molecule has 1 aromatic rings. The minimum absolute atomic E-state index is 0.259. The highest BCUT2D eigenvalue weighted by Gasteiger charge is 2.05. The number of aromatic nitrogens is 2. The summed E-state index contributed by atoms with van der Waals surface area (Å²) in [4.78, 5) is 11.2. The van der Waals surface area contributed by atoms with E-state index in [4.69, 9.17) is 0 Å². The molecule has 1 amide bonds. The number of nitrogens with one attached hydrogen (secondary N) is 2. The lowest BCUT2D eigenvalue weighted by molar-refractivity contribution is 0.0957. The molecule has 1 rings (SSSR count). The molecule has 1 atom stereocenters. The van der Waals surface area contributed by atoms with Gasteiger partial charge in [0.25, 0.3) is 5.91 Å². The summed E-state index contributed by atoms with van der Waals surface area (Å²) < 4.78 is 0. The zero-order valence-corrected chi connectivity index (χ0v) is 10.1. The van der Waals surface area contributed by atoms with Crippen molar-refractivity contribution in [1.82, 2.24) is 15.5 Å². The fraction of sp³-hybridized carbons (Fsp3) is 0.545.